The van der Waals surface area contributed by atoms with Crippen molar-refractivity contribution in [1.82, 2.24) is 14.5 Å². The molecule has 3 heterocycles. The minimum Gasteiger partial charge on any atom is -0.383 e. The van der Waals surface area contributed by atoms with E-state index in [1.54, 1.807) is 12.1 Å². The number of nitrogens with zero attached hydrogens (tertiary/aromatic N) is 4. The van der Waals surface area contributed by atoms with Gasteiger partial charge in [0.25, 0.3) is 5.91 Å². The average molecular weight is 306 g/mol. The third-order valence-electron chi connectivity index (χ3n) is 3.79. The summed E-state index contributed by atoms with van der Waals surface area (Å²) in [7, 11) is 0. The minimum absolute atomic E-state index is 0.168. The topological polar surface area (TPSA) is 98.2 Å². The smallest absolute Gasteiger partial charge is 0.284 e. The van der Waals surface area contributed by atoms with Crippen LogP contribution in [0.3, 0.4) is 0 Å². The zero-order chi connectivity index (χ0) is 15.8. The van der Waals surface area contributed by atoms with Gasteiger partial charge in [0.2, 0.25) is 5.62 Å². The largest absolute Gasteiger partial charge is 0.383 e. The predicted molar refractivity (Wildman–Crippen MR) is 86.8 cm³/mol. The minimum atomic E-state index is -0.444. The normalized spacial score (nSPS) is 13.8. The number of nitrogens with one attached hydrogen (secondary N) is 1. The van der Waals surface area contributed by atoms with Crippen LogP contribution in [0.5, 0.6) is 0 Å². The van der Waals surface area contributed by atoms with E-state index in [2.05, 4.69) is 20.3 Å². The maximum atomic E-state index is 12.4. The Morgan fingerprint density at radius 2 is 2.13 bits per heavy atom. The first-order valence-electron chi connectivity index (χ1n) is 7.27. The van der Waals surface area contributed by atoms with E-state index in [0.29, 0.717) is 12.2 Å². The number of carbonyl (C=O) groups is 1. The molecule has 7 nitrogen and oxygen atoms in total. The van der Waals surface area contributed by atoms with Crippen LogP contribution in [-0.2, 0) is 6.54 Å². The van der Waals surface area contributed by atoms with Crippen molar-refractivity contribution in [3.63, 3.8) is 0 Å². The molecule has 7 heteroatoms. The number of amides is 1. The van der Waals surface area contributed by atoms with E-state index in [4.69, 9.17) is 5.73 Å². The molecule has 1 aliphatic heterocycles. The molecular weight excluding hydrogens is 292 g/mol. The number of anilines is 2. The van der Waals surface area contributed by atoms with E-state index in [0.717, 1.165) is 23.3 Å². The number of hydrogen-bond donors (Lipinski definition) is 2. The molecule has 0 atom stereocenters. The Balaban J connectivity index is 1.92. The molecule has 0 radical (unpaired) electrons. The van der Waals surface area contributed by atoms with Crippen LogP contribution >= 0.6 is 0 Å². The SMILES string of the molecule is Nc1ncccc1C(=O)N=c1nc2ccccc2c2n1CCN2. The number of carbonyl (C=O) groups excluding carboxylic acids is 1. The standard InChI is InChI=1S/C16H14N6O/c17-13-11(5-3-7-18-13)15(23)21-16-20-12-6-2-1-4-10(12)14-19-8-9-22(14)16/h1-7,19H,8-9H2,(H2,17,18). The highest BCUT2D eigenvalue weighted by atomic mass is 16.1. The summed E-state index contributed by atoms with van der Waals surface area (Å²) < 4.78 is 1.91. The third-order valence-corrected chi connectivity index (χ3v) is 3.79. The average Bonchev–Trinajstić information content (AvgIpc) is 3.05. The zero-order valence-corrected chi connectivity index (χ0v) is 12.2. The van der Waals surface area contributed by atoms with Crippen molar-refractivity contribution in [2.75, 3.05) is 17.6 Å². The molecule has 0 unspecified atom stereocenters. The Labute approximate surface area is 131 Å². The van der Waals surface area contributed by atoms with E-state index in [9.17, 15) is 4.79 Å². The zero-order valence-electron chi connectivity index (χ0n) is 12.2. The first-order valence-corrected chi connectivity index (χ1v) is 7.27. The van der Waals surface area contributed by atoms with Crippen molar-refractivity contribution in [3.8, 4) is 0 Å². The molecule has 1 amide bonds. The molecule has 2 aromatic heterocycles. The van der Waals surface area contributed by atoms with Gasteiger partial charge >= 0.3 is 0 Å². The molecule has 0 bridgehead atoms. The molecule has 3 N–H and O–H groups in total. The van der Waals surface area contributed by atoms with Gasteiger partial charge in [-0.2, -0.15) is 4.99 Å². The van der Waals surface area contributed by atoms with E-state index in [-0.39, 0.29) is 11.4 Å². The summed E-state index contributed by atoms with van der Waals surface area (Å²) in [6.07, 6.45) is 1.54. The molecule has 0 saturated carbocycles. The lowest BCUT2D eigenvalue weighted by Gasteiger charge is -2.07. The predicted octanol–water partition coefficient (Wildman–Crippen LogP) is 1.18. The second-order valence-electron chi connectivity index (χ2n) is 5.21. The third kappa shape index (κ3) is 2.22. The Morgan fingerprint density at radius 1 is 1.26 bits per heavy atom. The Bertz CT molecular complexity index is 991. The van der Waals surface area contributed by atoms with Gasteiger partial charge in [-0.05, 0) is 24.3 Å². The van der Waals surface area contributed by atoms with Gasteiger partial charge < -0.3 is 11.1 Å². The molecule has 114 valence electrons. The van der Waals surface area contributed by atoms with Gasteiger partial charge in [-0.15, -0.1) is 0 Å². The van der Waals surface area contributed by atoms with E-state index in [1.165, 1.54) is 6.20 Å². The summed E-state index contributed by atoms with van der Waals surface area (Å²) in [6.45, 7) is 1.49. The van der Waals surface area contributed by atoms with Crippen molar-refractivity contribution in [1.29, 1.82) is 0 Å². The number of hydrogen-bond acceptors (Lipinski definition) is 5. The lowest BCUT2D eigenvalue weighted by Crippen LogP contribution is -2.25. The second-order valence-corrected chi connectivity index (χ2v) is 5.21. The van der Waals surface area contributed by atoms with Gasteiger partial charge in [0.15, 0.2) is 0 Å². The van der Waals surface area contributed by atoms with Gasteiger partial charge in [0, 0.05) is 24.7 Å². The highest BCUT2D eigenvalue weighted by molar-refractivity contribution is 5.99. The Morgan fingerprint density at radius 3 is 3.00 bits per heavy atom. The quantitative estimate of drug-likeness (QED) is 0.703. The molecule has 1 aromatic carbocycles. The van der Waals surface area contributed by atoms with Crippen LogP contribution in [-0.4, -0.2) is 27.0 Å². The van der Waals surface area contributed by atoms with E-state index < -0.39 is 5.91 Å². The van der Waals surface area contributed by atoms with Crippen molar-refractivity contribution in [2.24, 2.45) is 4.99 Å². The second kappa shape index (κ2) is 5.20. The lowest BCUT2D eigenvalue weighted by molar-refractivity contribution is 0.0997. The van der Waals surface area contributed by atoms with Crippen molar-refractivity contribution in [3.05, 3.63) is 53.8 Å². The lowest BCUT2D eigenvalue weighted by atomic mass is 10.2. The molecule has 0 fully saturated rings. The monoisotopic (exact) mass is 306 g/mol. The van der Waals surface area contributed by atoms with Crippen LogP contribution in [0.2, 0.25) is 0 Å². The van der Waals surface area contributed by atoms with Gasteiger partial charge in [0.1, 0.15) is 11.6 Å². The number of pyridine rings is 1. The maximum Gasteiger partial charge on any atom is 0.284 e. The number of benzene rings is 1. The van der Waals surface area contributed by atoms with Crippen LogP contribution < -0.4 is 16.7 Å². The molecule has 1 aliphatic rings. The van der Waals surface area contributed by atoms with Crippen LogP contribution in [0.1, 0.15) is 10.4 Å². The summed E-state index contributed by atoms with van der Waals surface area (Å²) >= 11 is 0. The van der Waals surface area contributed by atoms with Gasteiger partial charge in [-0.25, -0.2) is 9.97 Å². The van der Waals surface area contributed by atoms with Crippen LogP contribution in [0.15, 0.2) is 47.6 Å². The summed E-state index contributed by atoms with van der Waals surface area (Å²) in [5, 5.41) is 4.33. The molecule has 4 rings (SSSR count). The van der Waals surface area contributed by atoms with Gasteiger partial charge in [-0.3, -0.25) is 9.36 Å². The first-order chi connectivity index (χ1) is 11.2. The number of rotatable bonds is 1. The van der Waals surface area contributed by atoms with Crippen LogP contribution in [0.4, 0.5) is 11.6 Å². The summed E-state index contributed by atoms with van der Waals surface area (Å²) in [5.41, 5.74) is 7.19. The number of aromatic nitrogens is 3. The van der Waals surface area contributed by atoms with Crippen molar-refractivity contribution in [2.45, 2.75) is 6.54 Å². The molecular formula is C16H14N6O. The van der Waals surface area contributed by atoms with E-state index in [1.807, 2.05) is 28.8 Å². The highest BCUT2D eigenvalue weighted by Gasteiger charge is 2.16. The molecule has 3 aromatic rings. The summed E-state index contributed by atoms with van der Waals surface area (Å²) in [6, 6.07) is 11.0. The maximum absolute atomic E-state index is 12.4. The molecule has 23 heavy (non-hydrogen) atoms. The van der Waals surface area contributed by atoms with Crippen molar-refractivity contribution >= 4 is 28.4 Å². The van der Waals surface area contributed by atoms with Gasteiger partial charge in [-0.1, -0.05) is 12.1 Å². The Kier molecular flexibility index (Phi) is 3.04. The fourth-order valence-electron chi connectivity index (χ4n) is 2.71. The molecule has 0 aliphatic carbocycles. The number of para-hydroxylation sites is 1. The van der Waals surface area contributed by atoms with Crippen molar-refractivity contribution < 1.29 is 4.79 Å². The van der Waals surface area contributed by atoms with Crippen LogP contribution in [0, 0.1) is 0 Å². The Hall–Kier alpha value is -3.22. The number of nitrogens with two attached hydrogens (primary N) is 1. The number of nitrogen functional groups attached to an aromatic ring is 1. The first kappa shape index (κ1) is 13.4. The molecule has 0 spiro atoms. The van der Waals surface area contributed by atoms with E-state index >= 15 is 0 Å². The van der Waals surface area contributed by atoms with Gasteiger partial charge in [0.05, 0.1) is 11.1 Å². The summed E-state index contributed by atoms with van der Waals surface area (Å²) in [4.78, 5) is 25.0. The fraction of sp³-hybridized carbons (Fsp3) is 0.125. The molecule has 0 saturated heterocycles. The fourth-order valence-corrected chi connectivity index (χ4v) is 2.71. The van der Waals surface area contributed by atoms with Crippen LogP contribution in [0.25, 0.3) is 10.9 Å². The highest BCUT2D eigenvalue weighted by Crippen LogP contribution is 2.22. The summed E-state index contributed by atoms with van der Waals surface area (Å²) in [5.74, 6) is 0.656. The number of fused-ring (bicyclic) bond motifs is 3.